The third-order valence-corrected chi connectivity index (χ3v) is 4.17. The number of carbonyl (C=O) groups is 1. The number of pyridine rings is 1. The van der Waals surface area contributed by atoms with Crippen LogP contribution in [0.4, 0.5) is 5.69 Å². The first-order valence-electron chi connectivity index (χ1n) is 8.19. The number of piperidine rings is 1. The number of anilines is 1. The van der Waals surface area contributed by atoms with Crippen LogP contribution in [-0.4, -0.2) is 35.4 Å². The molecule has 0 saturated carbocycles. The Morgan fingerprint density at radius 3 is 2.81 bits per heavy atom. The van der Waals surface area contributed by atoms with Gasteiger partial charge in [-0.1, -0.05) is 26.7 Å². The van der Waals surface area contributed by atoms with Crippen molar-refractivity contribution < 1.29 is 4.79 Å². The van der Waals surface area contributed by atoms with Gasteiger partial charge in [0.2, 0.25) is 0 Å². The van der Waals surface area contributed by atoms with Crippen molar-refractivity contribution in [2.45, 2.75) is 46.0 Å². The summed E-state index contributed by atoms with van der Waals surface area (Å²) in [6, 6.07) is 1.93. The lowest BCUT2D eigenvalue weighted by Gasteiger charge is -2.30. The van der Waals surface area contributed by atoms with E-state index in [1.54, 1.807) is 12.4 Å². The maximum absolute atomic E-state index is 12.5. The van der Waals surface area contributed by atoms with Gasteiger partial charge < -0.3 is 10.2 Å². The molecular weight excluding hydrogens is 262 g/mol. The van der Waals surface area contributed by atoms with Crippen molar-refractivity contribution in [3.63, 3.8) is 0 Å². The lowest BCUT2D eigenvalue weighted by molar-refractivity contribution is 0.0697. The van der Waals surface area contributed by atoms with Crippen LogP contribution in [0.5, 0.6) is 0 Å². The maximum Gasteiger partial charge on any atom is 0.255 e. The zero-order valence-corrected chi connectivity index (χ0v) is 13.3. The predicted octanol–water partition coefficient (Wildman–Crippen LogP) is 3.56. The van der Waals surface area contributed by atoms with E-state index in [-0.39, 0.29) is 5.91 Å². The van der Waals surface area contributed by atoms with Crippen molar-refractivity contribution in [3.05, 3.63) is 24.0 Å². The minimum Gasteiger partial charge on any atom is -0.384 e. The monoisotopic (exact) mass is 289 g/mol. The summed E-state index contributed by atoms with van der Waals surface area (Å²) in [5.74, 6) is 0.852. The van der Waals surface area contributed by atoms with Crippen LogP contribution in [-0.2, 0) is 0 Å². The third kappa shape index (κ3) is 4.73. The van der Waals surface area contributed by atoms with Crippen LogP contribution in [0.1, 0.15) is 56.3 Å². The largest absolute Gasteiger partial charge is 0.384 e. The van der Waals surface area contributed by atoms with Crippen LogP contribution in [0, 0.1) is 5.92 Å². The first-order valence-corrected chi connectivity index (χ1v) is 8.19. The predicted molar refractivity (Wildman–Crippen MR) is 86.6 cm³/mol. The summed E-state index contributed by atoms with van der Waals surface area (Å²) in [5.41, 5.74) is 1.65. The van der Waals surface area contributed by atoms with Crippen LogP contribution >= 0.6 is 0 Å². The number of carbonyl (C=O) groups excluding carboxylic acids is 1. The van der Waals surface area contributed by atoms with Crippen molar-refractivity contribution in [3.8, 4) is 0 Å². The summed E-state index contributed by atoms with van der Waals surface area (Å²) in [6.07, 6.45) is 9.27. The SMILES string of the molecule is CCCCCNc1cncc(C(=O)N2CCC(C)CC2)c1. The molecule has 1 aliphatic heterocycles. The smallest absolute Gasteiger partial charge is 0.255 e. The Balaban J connectivity index is 1.91. The van der Waals surface area contributed by atoms with Gasteiger partial charge in [-0.15, -0.1) is 0 Å². The van der Waals surface area contributed by atoms with Gasteiger partial charge in [0.1, 0.15) is 0 Å². The maximum atomic E-state index is 12.5. The van der Waals surface area contributed by atoms with Gasteiger partial charge in [-0.2, -0.15) is 0 Å². The molecule has 0 spiro atoms. The van der Waals surface area contributed by atoms with E-state index < -0.39 is 0 Å². The van der Waals surface area contributed by atoms with Crippen LogP contribution in [0.3, 0.4) is 0 Å². The molecule has 0 radical (unpaired) electrons. The number of hydrogen-bond donors (Lipinski definition) is 1. The van der Waals surface area contributed by atoms with Gasteiger partial charge in [0.25, 0.3) is 5.91 Å². The highest BCUT2D eigenvalue weighted by Crippen LogP contribution is 2.19. The molecule has 2 rings (SSSR count). The van der Waals surface area contributed by atoms with Gasteiger partial charge in [0, 0.05) is 32.0 Å². The standard InChI is InChI=1S/C17H27N3O/c1-3-4-5-8-19-16-11-15(12-18-13-16)17(21)20-9-6-14(2)7-10-20/h11-14,19H,3-10H2,1-2H3. The molecule has 0 aromatic carbocycles. The number of likely N-dealkylation sites (tertiary alicyclic amines) is 1. The van der Waals surface area contributed by atoms with Gasteiger partial charge in [0.05, 0.1) is 11.3 Å². The Morgan fingerprint density at radius 2 is 2.10 bits per heavy atom. The summed E-state index contributed by atoms with van der Waals surface area (Å²) < 4.78 is 0. The third-order valence-electron chi connectivity index (χ3n) is 4.17. The van der Waals surface area contributed by atoms with Crippen LogP contribution < -0.4 is 5.32 Å². The van der Waals surface area contributed by atoms with E-state index in [9.17, 15) is 4.79 Å². The number of aromatic nitrogens is 1. The molecule has 1 aromatic rings. The molecule has 2 heterocycles. The van der Waals surface area contributed by atoms with Crippen molar-refractivity contribution in [1.29, 1.82) is 0 Å². The van der Waals surface area contributed by atoms with Gasteiger partial charge >= 0.3 is 0 Å². The van der Waals surface area contributed by atoms with Gasteiger partial charge in [-0.3, -0.25) is 9.78 Å². The van der Waals surface area contributed by atoms with E-state index in [0.29, 0.717) is 5.56 Å². The second-order valence-electron chi connectivity index (χ2n) is 6.07. The molecule has 4 nitrogen and oxygen atoms in total. The fourth-order valence-corrected chi connectivity index (χ4v) is 2.66. The van der Waals surface area contributed by atoms with Crippen LogP contribution in [0.15, 0.2) is 18.5 Å². The molecule has 1 N–H and O–H groups in total. The molecule has 0 atom stereocenters. The molecule has 21 heavy (non-hydrogen) atoms. The molecule has 4 heteroatoms. The summed E-state index contributed by atoms with van der Waals surface area (Å²) >= 11 is 0. The normalized spacial score (nSPS) is 16.0. The molecule has 1 aliphatic rings. The Bertz CT molecular complexity index is 453. The molecule has 1 saturated heterocycles. The second kappa shape index (κ2) is 8.01. The lowest BCUT2D eigenvalue weighted by atomic mass is 9.99. The van der Waals surface area contributed by atoms with E-state index in [4.69, 9.17) is 0 Å². The first-order chi connectivity index (χ1) is 10.2. The first kappa shape index (κ1) is 15.8. The van der Waals surface area contributed by atoms with Crippen molar-refractivity contribution in [1.82, 2.24) is 9.88 Å². The van der Waals surface area contributed by atoms with Gasteiger partial charge in [0.15, 0.2) is 0 Å². The lowest BCUT2D eigenvalue weighted by Crippen LogP contribution is -2.37. The second-order valence-corrected chi connectivity index (χ2v) is 6.07. The number of hydrogen-bond acceptors (Lipinski definition) is 3. The molecule has 1 amide bonds. The highest BCUT2D eigenvalue weighted by Gasteiger charge is 2.21. The number of unbranched alkanes of at least 4 members (excludes halogenated alkanes) is 2. The van der Waals surface area contributed by atoms with Crippen LogP contribution in [0.2, 0.25) is 0 Å². The molecule has 0 bridgehead atoms. The Hall–Kier alpha value is -1.58. The minimum absolute atomic E-state index is 0.117. The van der Waals surface area contributed by atoms with Crippen molar-refractivity contribution >= 4 is 11.6 Å². The summed E-state index contributed by atoms with van der Waals surface area (Å²) in [7, 11) is 0. The van der Waals surface area contributed by atoms with E-state index in [0.717, 1.165) is 50.5 Å². The van der Waals surface area contributed by atoms with E-state index in [2.05, 4.69) is 24.1 Å². The Kier molecular flexibility index (Phi) is 6.03. The molecule has 0 aliphatic carbocycles. The average Bonchev–Trinajstić information content (AvgIpc) is 2.52. The van der Waals surface area contributed by atoms with Crippen molar-refractivity contribution in [2.24, 2.45) is 5.92 Å². The molecule has 0 unspecified atom stereocenters. The minimum atomic E-state index is 0.117. The van der Waals surface area contributed by atoms with Gasteiger partial charge in [-0.25, -0.2) is 0 Å². The Morgan fingerprint density at radius 1 is 1.33 bits per heavy atom. The molecule has 1 aromatic heterocycles. The summed E-state index contributed by atoms with van der Waals surface area (Å²) in [6.45, 7) is 7.13. The molecule has 116 valence electrons. The highest BCUT2D eigenvalue weighted by atomic mass is 16.2. The van der Waals surface area contributed by atoms with E-state index in [1.807, 2.05) is 11.0 Å². The van der Waals surface area contributed by atoms with E-state index >= 15 is 0 Å². The topological polar surface area (TPSA) is 45.2 Å². The fourth-order valence-electron chi connectivity index (χ4n) is 2.66. The zero-order chi connectivity index (χ0) is 15.1. The summed E-state index contributed by atoms with van der Waals surface area (Å²) in [5, 5.41) is 3.35. The number of amides is 1. The van der Waals surface area contributed by atoms with Gasteiger partial charge in [-0.05, 0) is 31.2 Å². The van der Waals surface area contributed by atoms with Crippen LogP contribution in [0.25, 0.3) is 0 Å². The number of nitrogens with one attached hydrogen (secondary N) is 1. The molecular formula is C17H27N3O. The summed E-state index contributed by atoms with van der Waals surface area (Å²) in [4.78, 5) is 18.7. The number of nitrogens with zero attached hydrogens (tertiary/aromatic N) is 2. The van der Waals surface area contributed by atoms with Crippen molar-refractivity contribution in [2.75, 3.05) is 25.0 Å². The zero-order valence-electron chi connectivity index (χ0n) is 13.3. The molecule has 1 fully saturated rings. The Labute approximate surface area is 127 Å². The quantitative estimate of drug-likeness (QED) is 0.814. The fraction of sp³-hybridized carbons (Fsp3) is 0.647. The average molecular weight is 289 g/mol. The van der Waals surface area contributed by atoms with E-state index in [1.165, 1.54) is 12.8 Å². The number of rotatable bonds is 6. The highest BCUT2D eigenvalue weighted by molar-refractivity contribution is 5.94.